The Bertz CT molecular complexity index is 928. The topological polar surface area (TPSA) is 84.9 Å². The van der Waals surface area contributed by atoms with Crippen LogP contribution in [0.3, 0.4) is 0 Å². The zero-order valence-corrected chi connectivity index (χ0v) is 16.7. The second-order valence-electron chi connectivity index (χ2n) is 6.82. The highest BCUT2D eigenvalue weighted by molar-refractivity contribution is 7.88. The molecule has 7 nitrogen and oxygen atoms in total. The number of rotatable bonds is 7. The molecule has 1 N–H and O–H groups in total. The second-order valence-corrected chi connectivity index (χ2v) is 8.80. The Hall–Kier alpha value is -2.58. The van der Waals surface area contributed by atoms with Gasteiger partial charge in [-0.2, -0.15) is 4.31 Å². The van der Waals surface area contributed by atoms with Gasteiger partial charge in [0.15, 0.2) is 11.5 Å². The second kappa shape index (κ2) is 8.62. The van der Waals surface area contributed by atoms with Crippen LogP contribution in [-0.2, 0) is 21.4 Å². The fraction of sp³-hybridized carbons (Fsp3) is 0.350. The van der Waals surface area contributed by atoms with Gasteiger partial charge in [0.2, 0.25) is 15.9 Å². The lowest BCUT2D eigenvalue weighted by atomic mass is 10.1. The molecule has 0 fully saturated rings. The summed E-state index contributed by atoms with van der Waals surface area (Å²) in [5, 5.41) is 2.73. The van der Waals surface area contributed by atoms with Crippen LogP contribution in [0.2, 0.25) is 0 Å². The van der Waals surface area contributed by atoms with Crippen molar-refractivity contribution in [2.24, 2.45) is 0 Å². The number of carbonyl (C=O) groups is 1. The van der Waals surface area contributed by atoms with E-state index in [4.69, 9.17) is 9.47 Å². The summed E-state index contributed by atoms with van der Waals surface area (Å²) < 4.78 is 36.7. The fourth-order valence-electron chi connectivity index (χ4n) is 2.79. The van der Waals surface area contributed by atoms with Crippen LogP contribution < -0.4 is 14.8 Å². The van der Waals surface area contributed by atoms with Gasteiger partial charge >= 0.3 is 0 Å². The zero-order chi connectivity index (χ0) is 20.1. The smallest absolute Gasteiger partial charge is 0.235 e. The highest BCUT2D eigenvalue weighted by Crippen LogP contribution is 2.30. The van der Waals surface area contributed by atoms with E-state index in [2.05, 4.69) is 5.32 Å². The highest BCUT2D eigenvalue weighted by atomic mass is 32.2. The maximum absolute atomic E-state index is 12.3. The summed E-state index contributed by atoms with van der Waals surface area (Å²) in [4.78, 5) is 12.3. The predicted molar refractivity (Wildman–Crippen MR) is 106 cm³/mol. The van der Waals surface area contributed by atoms with Gasteiger partial charge in [-0.25, -0.2) is 8.42 Å². The first-order valence-corrected chi connectivity index (χ1v) is 10.8. The Balaban J connectivity index is 1.55. The van der Waals surface area contributed by atoms with Gasteiger partial charge in [0.1, 0.15) is 12.7 Å². The van der Waals surface area contributed by atoms with Gasteiger partial charge in [0.25, 0.3) is 0 Å². The summed E-state index contributed by atoms with van der Waals surface area (Å²) in [6.07, 6.45) is 0.770. The van der Waals surface area contributed by atoms with Gasteiger partial charge in [-0.15, -0.1) is 0 Å². The minimum atomic E-state index is -3.53. The third kappa shape index (κ3) is 5.46. The molecule has 0 spiro atoms. The molecule has 8 heteroatoms. The lowest BCUT2D eigenvalue weighted by Crippen LogP contribution is -2.45. The average molecular weight is 404 g/mol. The van der Waals surface area contributed by atoms with Crippen molar-refractivity contribution < 1.29 is 22.7 Å². The SMILES string of the molecule is Cc1ccc(CN(CC(=O)NC[C@H]2COc3ccccc3O2)S(C)(=O)=O)cc1. The van der Waals surface area contributed by atoms with Crippen molar-refractivity contribution in [3.8, 4) is 11.5 Å². The van der Waals surface area contributed by atoms with Crippen molar-refractivity contribution in [3.63, 3.8) is 0 Å². The molecule has 0 saturated carbocycles. The van der Waals surface area contributed by atoms with Crippen LogP contribution in [-0.4, -0.2) is 50.7 Å². The quantitative estimate of drug-likeness (QED) is 0.760. The Morgan fingerprint density at radius 1 is 1.14 bits per heavy atom. The monoisotopic (exact) mass is 404 g/mol. The predicted octanol–water partition coefficient (Wildman–Crippen LogP) is 1.71. The number of amides is 1. The van der Waals surface area contributed by atoms with E-state index in [1.165, 1.54) is 0 Å². The van der Waals surface area contributed by atoms with Gasteiger partial charge in [-0.05, 0) is 24.6 Å². The first-order valence-electron chi connectivity index (χ1n) is 8.97. The molecule has 2 aromatic rings. The van der Waals surface area contributed by atoms with Crippen molar-refractivity contribution in [3.05, 3.63) is 59.7 Å². The molecule has 0 aromatic heterocycles. The first-order chi connectivity index (χ1) is 13.3. The molecule has 1 heterocycles. The van der Waals surface area contributed by atoms with Crippen LogP contribution in [0, 0.1) is 6.92 Å². The van der Waals surface area contributed by atoms with Gasteiger partial charge in [-0.3, -0.25) is 4.79 Å². The molecular formula is C20H24N2O5S. The highest BCUT2D eigenvalue weighted by Gasteiger charge is 2.23. The van der Waals surface area contributed by atoms with E-state index in [0.717, 1.165) is 21.7 Å². The fourth-order valence-corrected chi connectivity index (χ4v) is 3.53. The molecule has 28 heavy (non-hydrogen) atoms. The lowest BCUT2D eigenvalue weighted by molar-refractivity contribution is -0.121. The van der Waals surface area contributed by atoms with Crippen LogP contribution in [0.15, 0.2) is 48.5 Å². The third-order valence-corrected chi connectivity index (χ3v) is 5.56. The first kappa shape index (κ1) is 20.2. The number of para-hydroxylation sites is 2. The molecule has 0 saturated heterocycles. The van der Waals surface area contributed by atoms with Crippen molar-refractivity contribution in [1.82, 2.24) is 9.62 Å². The van der Waals surface area contributed by atoms with Crippen molar-refractivity contribution >= 4 is 15.9 Å². The summed E-state index contributed by atoms with van der Waals surface area (Å²) >= 11 is 0. The Labute approximate surface area is 165 Å². The number of nitrogens with zero attached hydrogens (tertiary/aromatic N) is 1. The maximum Gasteiger partial charge on any atom is 0.235 e. The Morgan fingerprint density at radius 2 is 1.82 bits per heavy atom. The van der Waals surface area contributed by atoms with Crippen LogP contribution in [0.5, 0.6) is 11.5 Å². The van der Waals surface area contributed by atoms with E-state index in [9.17, 15) is 13.2 Å². The number of hydrogen-bond donors (Lipinski definition) is 1. The number of ether oxygens (including phenoxy) is 2. The van der Waals surface area contributed by atoms with Crippen LogP contribution in [0.25, 0.3) is 0 Å². The lowest BCUT2D eigenvalue weighted by Gasteiger charge is -2.27. The molecule has 1 aliphatic heterocycles. The molecule has 1 atom stereocenters. The summed E-state index contributed by atoms with van der Waals surface area (Å²) in [5.74, 6) is 0.913. The summed E-state index contributed by atoms with van der Waals surface area (Å²) in [6.45, 7) is 2.40. The molecule has 3 rings (SSSR count). The van der Waals surface area contributed by atoms with Crippen molar-refractivity contribution in [1.29, 1.82) is 0 Å². The minimum absolute atomic E-state index is 0.142. The maximum atomic E-state index is 12.3. The molecule has 0 aliphatic carbocycles. The van der Waals surface area contributed by atoms with Gasteiger partial charge < -0.3 is 14.8 Å². The summed E-state index contributed by atoms with van der Waals surface area (Å²) in [7, 11) is -3.53. The van der Waals surface area contributed by atoms with E-state index in [1.807, 2.05) is 49.4 Å². The summed E-state index contributed by atoms with van der Waals surface area (Å²) in [6, 6.07) is 14.9. The van der Waals surface area contributed by atoms with Crippen LogP contribution in [0.4, 0.5) is 0 Å². The molecule has 0 radical (unpaired) electrons. The van der Waals surface area contributed by atoms with E-state index >= 15 is 0 Å². The Kier molecular flexibility index (Phi) is 6.21. The summed E-state index contributed by atoms with van der Waals surface area (Å²) in [5.41, 5.74) is 1.91. The van der Waals surface area contributed by atoms with Gasteiger partial charge in [0.05, 0.1) is 19.3 Å². The number of carbonyl (C=O) groups excluding carboxylic acids is 1. The van der Waals surface area contributed by atoms with Crippen LogP contribution in [0.1, 0.15) is 11.1 Å². The van der Waals surface area contributed by atoms with Crippen LogP contribution >= 0.6 is 0 Å². The molecule has 0 unspecified atom stereocenters. The van der Waals surface area contributed by atoms with E-state index in [1.54, 1.807) is 6.07 Å². The average Bonchev–Trinajstić information content (AvgIpc) is 2.66. The zero-order valence-electron chi connectivity index (χ0n) is 15.9. The molecule has 2 aromatic carbocycles. The number of sulfonamides is 1. The van der Waals surface area contributed by atoms with Crippen molar-refractivity contribution in [2.75, 3.05) is 26.0 Å². The Morgan fingerprint density at radius 3 is 2.50 bits per heavy atom. The number of nitrogens with one attached hydrogen (secondary N) is 1. The molecular weight excluding hydrogens is 380 g/mol. The normalized spacial score (nSPS) is 16.0. The van der Waals surface area contributed by atoms with E-state index in [-0.39, 0.29) is 31.6 Å². The minimum Gasteiger partial charge on any atom is -0.486 e. The van der Waals surface area contributed by atoms with E-state index in [0.29, 0.717) is 18.1 Å². The number of fused-ring (bicyclic) bond motifs is 1. The molecule has 0 bridgehead atoms. The largest absolute Gasteiger partial charge is 0.486 e. The molecule has 1 amide bonds. The number of benzene rings is 2. The van der Waals surface area contributed by atoms with E-state index < -0.39 is 10.0 Å². The molecule has 150 valence electrons. The van der Waals surface area contributed by atoms with Gasteiger partial charge in [0, 0.05) is 6.54 Å². The standard InChI is InChI=1S/C20H24N2O5S/c1-15-7-9-16(10-8-15)12-22(28(2,24)25)13-20(23)21-11-17-14-26-18-5-3-4-6-19(18)27-17/h3-10,17H,11-14H2,1-2H3,(H,21,23)/t17-/m0/s1. The number of aryl methyl sites for hydroxylation is 1. The number of hydrogen-bond acceptors (Lipinski definition) is 5. The van der Waals surface area contributed by atoms with Gasteiger partial charge in [-0.1, -0.05) is 42.0 Å². The molecule has 1 aliphatic rings. The third-order valence-electron chi connectivity index (χ3n) is 4.36. The van der Waals surface area contributed by atoms with Crippen molar-refractivity contribution in [2.45, 2.75) is 19.6 Å².